The van der Waals surface area contributed by atoms with Gasteiger partial charge in [-0.05, 0) is 62.5 Å². The maximum atomic E-state index is 13.3. The van der Waals surface area contributed by atoms with Crippen LogP contribution in [0.5, 0.6) is 0 Å². The lowest BCUT2D eigenvalue weighted by Gasteiger charge is -2.26. The van der Waals surface area contributed by atoms with Gasteiger partial charge in [-0.2, -0.15) is 0 Å². The van der Waals surface area contributed by atoms with Crippen LogP contribution in [0.4, 0.5) is 10.1 Å². The number of hydrogen-bond acceptors (Lipinski definition) is 5. The molecule has 3 rings (SSSR count). The summed E-state index contributed by atoms with van der Waals surface area (Å²) >= 11 is 1.50. The van der Waals surface area contributed by atoms with Crippen molar-refractivity contribution in [3.05, 3.63) is 65.0 Å². The van der Waals surface area contributed by atoms with Crippen LogP contribution in [0.3, 0.4) is 0 Å². The molecule has 2 aromatic rings. The number of thioether (sulfide) groups is 1. The number of benzene rings is 2. The highest BCUT2D eigenvalue weighted by molar-refractivity contribution is 8.00. The van der Waals surface area contributed by atoms with E-state index in [0.29, 0.717) is 24.5 Å². The fourth-order valence-corrected chi connectivity index (χ4v) is 4.18. The summed E-state index contributed by atoms with van der Waals surface area (Å²) in [7, 11) is 3.82. The number of halogens is 1. The molecular formula is C21H23FN2O3S. The lowest BCUT2D eigenvalue weighted by Crippen LogP contribution is -2.28. The molecule has 0 spiro atoms. The molecule has 0 N–H and O–H groups in total. The molecule has 1 aliphatic rings. The molecule has 1 amide bonds. The molecule has 28 heavy (non-hydrogen) atoms. The first kappa shape index (κ1) is 20.4. The van der Waals surface area contributed by atoms with E-state index in [9.17, 15) is 14.0 Å². The lowest BCUT2D eigenvalue weighted by atomic mass is 10.1. The maximum absolute atomic E-state index is 13.3. The van der Waals surface area contributed by atoms with E-state index in [1.807, 2.05) is 25.9 Å². The second-order valence-electron chi connectivity index (χ2n) is 6.92. The van der Waals surface area contributed by atoms with Crippen LogP contribution in [0.2, 0.25) is 0 Å². The highest BCUT2D eigenvalue weighted by Gasteiger charge is 2.35. The van der Waals surface area contributed by atoms with E-state index in [4.69, 9.17) is 4.74 Å². The van der Waals surface area contributed by atoms with Gasteiger partial charge in [0.05, 0.1) is 11.3 Å². The van der Waals surface area contributed by atoms with Crippen molar-refractivity contribution in [2.45, 2.75) is 12.3 Å². The number of hydrogen-bond donors (Lipinski definition) is 0. The van der Waals surface area contributed by atoms with Crippen LogP contribution in [0.1, 0.15) is 26.9 Å². The Morgan fingerprint density at radius 2 is 1.96 bits per heavy atom. The number of nitrogens with zero attached hydrogens (tertiary/aromatic N) is 2. The second kappa shape index (κ2) is 8.75. The van der Waals surface area contributed by atoms with Gasteiger partial charge in [0.25, 0.3) is 0 Å². The highest BCUT2D eigenvalue weighted by Crippen LogP contribution is 2.42. The summed E-state index contributed by atoms with van der Waals surface area (Å²) in [6, 6.07) is 11.4. The average molecular weight is 402 g/mol. The minimum atomic E-state index is -0.381. The van der Waals surface area contributed by atoms with Gasteiger partial charge in [0.1, 0.15) is 17.8 Å². The lowest BCUT2D eigenvalue weighted by molar-refractivity contribution is -0.115. The Balaban J connectivity index is 1.81. The first-order valence-electron chi connectivity index (χ1n) is 8.98. The van der Waals surface area contributed by atoms with E-state index < -0.39 is 0 Å². The van der Waals surface area contributed by atoms with Gasteiger partial charge < -0.3 is 9.64 Å². The number of ether oxygens (including phenoxy) is 1. The van der Waals surface area contributed by atoms with Gasteiger partial charge in [0.2, 0.25) is 5.91 Å². The van der Waals surface area contributed by atoms with Crippen LogP contribution >= 0.6 is 11.8 Å². The van der Waals surface area contributed by atoms with Gasteiger partial charge >= 0.3 is 5.97 Å². The van der Waals surface area contributed by atoms with Crippen LogP contribution in [0, 0.1) is 12.7 Å². The first-order chi connectivity index (χ1) is 13.4. The number of rotatable bonds is 6. The van der Waals surface area contributed by atoms with Crippen molar-refractivity contribution in [1.82, 2.24) is 4.90 Å². The Morgan fingerprint density at radius 1 is 1.25 bits per heavy atom. The zero-order valence-corrected chi connectivity index (χ0v) is 17.0. The third-order valence-electron chi connectivity index (χ3n) is 4.49. The van der Waals surface area contributed by atoms with E-state index in [1.165, 1.54) is 23.9 Å². The van der Waals surface area contributed by atoms with Gasteiger partial charge in [-0.3, -0.25) is 9.69 Å². The smallest absolute Gasteiger partial charge is 0.338 e. The largest absolute Gasteiger partial charge is 0.461 e. The van der Waals surface area contributed by atoms with Crippen LogP contribution < -0.4 is 4.90 Å². The molecule has 2 aromatic carbocycles. The zero-order chi connectivity index (χ0) is 20.3. The van der Waals surface area contributed by atoms with Gasteiger partial charge in [0.15, 0.2) is 0 Å². The van der Waals surface area contributed by atoms with E-state index in [2.05, 4.69) is 0 Å². The van der Waals surface area contributed by atoms with Gasteiger partial charge in [-0.15, -0.1) is 11.8 Å². The topological polar surface area (TPSA) is 49.9 Å². The molecule has 7 heteroatoms. The molecule has 0 saturated carbocycles. The SMILES string of the molecule is Cc1cc(C(=O)OCCN(C)C)ccc1N1C(=O)CSC1c1ccc(F)cc1. The summed E-state index contributed by atoms with van der Waals surface area (Å²) in [5, 5.41) is -0.218. The summed E-state index contributed by atoms with van der Waals surface area (Å²) in [4.78, 5) is 28.4. The van der Waals surface area contributed by atoms with Gasteiger partial charge in [-0.1, -0.05) is 12.1 Å². The molecule has 1 unspecified atom stereocenters. The van der Waals surface area contributed by atoms with Crippen molar-refractivity contribution < 1.29 is 18.7 Å². The van der Waals surface area contributed by atoms with Crippen molar-refractivity contribution in [1.29, 1.82) is 0 Å². The molecule has 148 valence electrons. The predicted molar refractivity (Wildman–Crippen MR) is 109 cm³/mol. The van der Waals surface area contributed by atoms with Crippen molar-refractivity contribution in [3.63, 3.8) is 0 Å². The molecule has 1 saturated heterocycles. The van der Waals surface area contributed by atoms with Crippen LogP contribution in [-0.2, 0) is 9.53 Å². The van der Waals surface area contributed by atoms with E-state index in [-0.39, 0.29) is 23.1 Å². The molecule has 5 nitrogen and oxygen atoms in total. The van der Waals surface area contributed by atoms with Gasteiger partial charge in [-0.25, -0.2) is 9.18 Å². The third kappa shape index (κ3) is 4.54. The standard InChI is InChI=1S/C21H23FN2O3S/c1-14-12-16(21(26)27-11-10-23(2)3)6-9-18(14)24-19(25)13-28-20(24)15-4-7-17(22)8-5-15/h4-9,12,20H,10-11,13H2,1-3H3. The number of carbonyl (C=O) groups is 2. The number of amides is 1. The van der Waals surface area contributed by atoms with Crippen molar-refractivity contribution >= 4 is 29.3 Å². The molecule has 0 aliphatic carbocycles. The van der Waals surface area contributed by atoms with Gasteiger partial charge in [0, 0.05) is 12.2 Å². The summed E-state index contributed by atoms with van der Waals surface area (Å²) in [5.41, 5.74) is 2.88. The highest BCUT2D eigenvalue weighted by atomic mass is 32.2. The molecule has 1 atom stereocenters. The van der Waals surface area contributed by atoms with Crippen LogP contribution in [-0.4, -0.2) is 49.8 Å². The normalized spacial score (nSPS) is 16.7. The Labute approximate surface area is 168 Å². The molecule has 1 fully saturated rings. The number of aryl methyl sites for hydroxylation is 1. The van der Waals surface area contributed by atoms with Crippen molar-refractivity contribution in [3.8, 4) is 0 Å². The molecular weight excluding hydrogens is 379 g/mol. The van der Waals surface area contributed by atoms with Crippen LogP contribution in [0.25, 0.3) is 0 Å². The Hall–Kier alpha value is -2.38. The molecule has 0 bridgehead atoms. The van der Waals surface area contributed by atoms with E-state index in [0.717, 1.165) is 16.8 Å². The maximum Gasteiger partial charge on any atom is 0.338 e. The minimum absolute atomic E-state index is 0.0104. The van der Waals surface area contributed by atoms with Crippen molar-refractivity contribution in [2.24, 2.45) is 0 Å². The second-order valence-corrected chi connectivity index (χ2v) is 7.99. The molecule has 1 aliphatic heterocycles. The monoisotopic (exact) mass is 402 g/mol. The fourth-order valence-electron chi connectivity index (χ4n) is 3.02. The first-order valence-corrected chi connectivity index (χ1v) is 10.0. The fraction of sp³-hybridized carbons (Fsp3) is 0.333. The third-order valence-corrected chi connectivity index (χ3v) is 5.70. The summed E-state index contributed by atoms with van der Waals surface area (Å²) in [6.45, 7) is 2.84. The number of likely N-dealkylation sites (N-methyl/N-ethyl adjacent to an activating group) is 1. The number of anilines is 1. The summed E-state index contributed by atoms with van der Waals surface area (Å²) in [5.74, 6) is -0.342. The Morgan fingerprint density at radius 3 is 2.61 bits per heavy atom. The number of esters is 1. The summed E-state index contributed by atoms with van der Waals surface area (Å²) < 4.78 is 18.5. The van der Waals surface area contributed by atoms with E-state index >= 15 is 0 Å². The quantitative estimate of drug-likeness (QED) is 0.691. The van der Waals surface area contributed by atoms with Crippen molar-refractivity contribution in [2.75, 3.05) is 37.9 Å². The minimum Gasteiger partial charge on any atom is -0.461 e. The molecule has 1 heterocycles. The number of carbonyl (C=O) groups excluding carboxylic acids is 2. The Bertz CT molecular complexity index is 870. The van der Waals surface area contributed by atoms with E-state index in [1.54, 1.807) is 35.2 Å². The molecule has 0 aromatic heterocycles. The predicted octanol–water partition coefficient (Wildman–Crippen LogP) is 3.63. The average Bonchev–Trinajstić information content (AvgIpc) is 3.03. The zero-order valence-electron chi connectivity index (χ0n) is 16.1. The molecule has 0 radical (unpaired) electrons. The Kier molecular flexibility index (Phi) is 6.36. The van der Waals surface area contributed by atoms with Crippen LogP contribution in [0.15, 0.2) is 42.5 Å². The summed E-state index contributed by atoms with van der Waals surface area (Å²) in [6.07, 6.45) is 0.